The monoisotopic (exact) mass is 295 g/mol. The minimum absolute atomic E-state index is 0.109. The number of carboxylic acids is 1. The summed E-state index contributed by atoms with van der Waals surface area (Å²) in [6, 6.07) is 3.23. The molecule has 3 rings (SSSR count). The Morgan fingerprint density at radius 2 is 2.00 bits per heavy atom. The molecule has 1 aliphatic carbocycles. The van der Waals surface area contributed by atoms with Crippen LogP contribution in [0.2, 0.25) is 5.02 Å². The number of carbonyl (C=O) groups is 1. The number of hydrogen-bond acceptors (Lipinski definition) is 3. The maximum atomic E-state index is 11.1. The lowest BCUT2D eigenvalue weighted by atomic mass is 9.78. The Bertz CT molecular complexity index is 544. The number of benzene rings is 1. The fraction of sp³-hybridized carbons (Fsp3) is 0.533. The van der Waals surface area contributed by atoms with Crippen LogP contribution in [0.4, 0.5) is 5.69 Å². The van der Waals surface area contributed by atoms with Gasteiger partial charge in [-0.25, -0.2) is 4.79 Å². The van der Waals surface area contributed by atoms with Gasteiger partial charge in [0.1, 0.15) is 11.3 Å². The van der Waals surface area contributed by atoms with E-state index >= 15 is 0 Å². The van der Waals surface area contributed by atoms with Crippen molar-refractivity contribution in [2.45, 2.75) is 25.7 Å². The second-order valence-electron chi connectivity index (χ2n) is 5.87. The van der Waals surface area contributed by atoms with Crippen LogP contribution < -0.4 is 9.64 Å². The van der Waals surface area contributed by atoms with E-state index in [1.54, 1.807) is 6.07 Å². The second-order valence-corrected chi connectivity index (χ2v) is 6.28. The third-order valence-electron chi connectivity index (χ3n) is 4.56. The van der Waals surface area contributed by atoms with Gasteiger partial charge in [-0.3, -0.25) is 0 Å². The summed E-state index contributed by atoms with van der Waals surface area (Å²) in [4.78, 5) is 13.4. The molecular weight excluding hydrogens is 278 g/mol. The number of nitrogens with zero attached hydrogens (tertiary/aromatic N) is 1. The molecule has 0 aromatic heterocycles. The number of methoxy groups -OCH3 is 1. The molecule has 2 aliphatic rings. The van der Waals surface area contributed by atoms with Crippen LogP contribution >= 0.6 is 11.6 Å². The molecule has 1 spiro atoms. The molecule has 0 bridgehead atoms. The van der Waals surface area contributed by atoms with E-state index in [1.807, 2.05) is 0 Å². The van der Waals surface area contributed by atoms with Crippen LogP contribution in [0.25, 0.3) is 0 Å². The van der Waals surface area contributed by atoms with Gasteiger partial charge < -0.3 is 14.7 Å². The highest BCUT2D eigenvalue weighted by Crippen LogP contribution is 2.48. The third-order valence-corrected chi connectivity index (χ3v) is 4.86. The van der Waals surface area contributed by atoms with Crippen LogP contribution in [-0.2, 0) is 0 Å². The number of carboxylic acid groups (broad SMARTS) is 1. The SMILES string of the molecule is COc1cc(N2CC3(CCCC3)C2)c(Cl)cc1C(=O)O. The minimum atomic E-state index is -1.02. The van der Waals surface area contributed by atoms with Gasteiger partial charge in [-0.1, -0.05) is 24.4 Å². The van der Waals surface area contributed by atoms with E-state index in [2.05, 4.69) is 4.90 Å². The van der Waals surface area contributed by atoms with Crippen molar-refractivity contribution in [2.24, 2.45) is 5.41 Å². The standard InChI is InChI=1S/C15H18ClNO3/c1-20-13-7-12(11(16)6-10(13)14(18)19)17-8-15(9-17)4-2-3-5-15/h6-7H,2-5,8-9H2,1H3,(H,18,19). The molecule has 5 heteroatoms. The smallest absolute Gasteiger partial charge is 0.339 e. The normalized spacial score (nSPS) is 20.0. The number of anilines is 1. The number of aromatic carboxylic acids is 1. The maximum Gasteiger partial charge on any atom is 0.339 e. The molecule has 1 aromatic carbocycles. The minimum Gasteiger partial charge on any atom is -0.496 e. The summed E-state index contributed by atoms with van der Waals surface area (Å²) in [7, 11) is 1.48. The van der Waals surface area contributed by atoms with Gasteiger partial charge in [-0.05, 0) is 18.9 Å². The van der Waals surface area contributed by atoms with Crippen LogP contribution in [0.3, 0.4) is 0 Å². The van der Waals surface area contributed by atoms with Crippen molar-refractivity contribution >= 4 is 23.3 Å². The summed E-state index contributed by atoms with van der Waals surface area (Å²) in [6.07, 6.45) is 5.24. The van der Waals surface area contributed by atoms with E-state index in [-0.39, 0.29) is 5.56 Å². The lowest BCUT2D eigenvalue weighted by molar-refractivity contribution is 0.0693. The van der Waals surface area contributed by atoms with Gasteiger partial charge in [-0.2, -0.15) is 0 Å². The van der Waals surface area contributed by atoms with Crippen molar-refractivity contribution in [1.29, 1.82) is 0 Å². The third kappa shape index (κ3) is 2.12. The van der Waals surface area contributed by atoms with E-state index in [1.165, 1.54) is 38.9 Å². The number of hydrogen-bond donors (Lipinski definition) is 1. The van der Waals surface area contributed by atoms with Gasteiger partial charge in [0.05, 0.1) is 17.8 Å². The Morgan fingerprint density at radius 1 is 1.35 bits per heavy atom. The average Bonchev–Trinajstić information content (AvgIpc) is 2.86. The summed E-state index contributed by atoms with van der Waals surface area (Å²) < 4.78 is 5.17. The largest absolute Gasteiger partial charge is 0.496 e. The Morgan fingerprint density at radius 3 is 2.55 bits per heavy atom. The Kier molecular flexibility index (Phi) is 3.28. The van der Waals surface area contributed by atoms with E-state index in [9.17, 15) is 4.79 Å². The molecule has 1 heterocycles. The predicted octanol–water partition coefficient (Wildman–Crippen LogP) is 3.43. The van der Waals surface area contributed by atoms with Gasteiger partial charge >= 0.3 is 5.97 Å². The van der Waals surface area contributed by atoms with Gasteiger partial charge in [0.2, 0.25) is 0 Å². The zero-order valence-electron chi connectivity index (χ0n) is 11.5. The molecule has 1 saturated carbocycles. The molecule has 4 nitrogen and oxygen atoms in total. The van der Waals surface area contributed by atoms with E-state index in [4.69, 9.17) is 21.4 Å². The Hall–Kier alpha value is -1.42. The van der Waals surface area contributed by atoms with Crippen molar-refractivity contribution in [2.75, 3.05) is 25.1 Å². The maximum absolute atomic E-state index is 11.1. The van der Waals surface area contributed by atoms with Gasteiger partial charge in [-0.15, -0.1) is 0 Å². The molecular formula is C15H18ClNO3. The first-order chi connectivity index (χ1) is 9.54. The first kappa shape index (κ1) is 13.6. The molecule has 0 unspecified atom stereocenters. The van der Waals surface area contributed by atoms with E-state index < -0.39 is 5.97 Å². The summed E-state index contributed by atoms with van der Waals surface area (Å²) in [6.45, 7) is 2.03. The van der Waals surface area contributed by atoms with Gasteiger partial charge in [0, 0.05) is 24.6 Å². The number of halogens is 1. The fourth-order valence-electron chi connectivity index (χ4n) is 3.50. The quantitative estimate of drug-likeness (QED) is 0.928. The molecule has 0 radical (unpaired) electrons. The van der Waals surface area contributed by atoms with Crippen molar-refractivity contribution in [3.63, 3.8) is 0 Å². The predicted molar refractivity (Wildman–Crippen MR) is 78.1 cm³/mol. The molecule has 0 atom stereocenters. The zero-order valence-corrected chi connectivity index (χ0v) is 12.2. The molecule has 2 fully saturated rings. The van der Waals surface area contributed by atoms with E-state index in [0.717, 1.165) is 18.8 Å². The summed E-state index contributed by atoms with van der Waals surface area (Å²) in [5, 5.41) is 9.62. The van der Waals surface area contributed by atoms with Crippen molar-refractivity contribution in [3.05, 3.63) is 22.7 Å². The highest BCUT2D eigenvalue weighted by atomic mass is 35.5. The number of ether oxygens (including phenoxy) is 1. The van der Waals surface area contributed by atoms with Crippen LogP contribution in [-0.4, -0.2) is 31.3 Å². The molecule has 1 saturated heterocycles. The van der Waals surface area contributed by atoms with Crippen LogP contribution in [0.1, 0.15) is 36.0 Å². The molecule has 108 valence electrons. The van der Waals surface area contributed by atoms with Crippen LogP contribution in [0.15, 0.2) is 12.1 Å². The zero-order chi connectivity index (χ0) is 14.3. The second kappa shape index (κ2) is 4.85. The molecule has 20 heavy (non-hydrogen) atoms. The number of rotatable bonds is 3. The van der Waals surface area contributed by atoms with Crippen LogP contribution in [0, 0.1) is 5.41 Å². The van der Waals surface area contributed by atoms with Crippen molar-refractivity contribution < 1.29 is 14.6 Å². The average molecular weight is 296 g/mol. The summed E-state index contributed by atoms with van der Waals surface area (Å²) in [5.41, 5.74) is 1.46. The fourth-order valence-corrected chi connectivity index (χ4v) is 3.78. The molecule has 1 aromatic rings. The Labute approximate surface area is 123 Å². The molecule has 1 aliphatic heterocycles. The van der Waals surface area contributed by atoms with Crippen molar-refractivity contribution in [1.82, 2.24) is 0 Å². The lowest BCUT2D eigenvalue weighted by Gasteiger charge is -2.50. The lowest BCUT2D eigenvalue weighted by Crippen LogP contribution is -2.55. The summed E-state index contributed by atoms with van der Waals surface area (Å²) in [5.74, 6) is -0.657. The highest BCUT2D eigenvalue weighted by molar-refractivity contribution is 6.33. The first-order valence-corrected chi connectivity index (χ1v) is 7.28. The first-order valence-electron chi connectivity index (χ1n) is 6.90. The van der Waals surface area contributed by atoms with Gasteiger partial charge in [0.25, 0.3) is 0 Å². The van der Waals surface area contributed by atoms with Crippen LogP contribution in [0.5, 0.6) is 5.75 Å². The Balaban J connectivity index is 1.86. The topological polar surface area (TPSA) is 49.8 Å². The molecule has 1 N–H and O–H groups in total. The molecule has 0 amide bonds. The van der Waals surface area contributed by atoms with Crippen molar-refractivity contribution in [3.8, 4) is 5.75 Å². The van der Waals surface area contributed by atoms with E-state index in [0.29, 0.717) is 16.2 Å². The summed E-state index contributed by atoms with van der Waals surface area (Å²) >= 11 is 6.24. The highest BCUT2D eigenvalue weighted by Gasteiger charge is 2.45. The van der Waals surface area contributed by atoms with Gasteiger partial charge in [0.15, 0.2) is 0 Å².